The molecule has 7 aromatic rings. The Bertz CT molecular complexity index is 3300. The maximum atomic E-state index is 13.9. The number of aromatic nitrogens is 4. The second kappa shape index (κ2) is 18.0. The molecule has 0 spiro atoms. The number of carbonyl (C=O) groups is 4. The zero-order valence-corrected chi connectivity index (χ0v) is 42.5. The molecule has 0 fully saturated rings. The number of hydrogen-bond donors (Lipinski definition) is 7. The lowest BCUT2D eigenvalue weighted by atomic mass is 9.93. The summed E-state index contributed by atoms with van der Waals surface area (Å²) in [5.41, 5.74) is 10.1. The van der Waals surface area contributed by atoms with E-state index in [1.54, 1.807) is 0 Å². The number of benzene rings is 3. The van der Waals surface area contributed by atoms with Crippen LogP contribution in [0.1, 0.15) is 100 Å². The first-order chi connectivity index (χ1) is 32.8. The number of aromatic amines is 3. The van der Waals surface area contributed by atoms with E-state index >= 15 is 0 Å². The Morgan fingerprint density at radius 1 is 0.371 bits per heavy atom. The van der Waals surface area contributed by atoms with Crippen molar-refractivity contribution < 1.29 is 19.2 Å². The van der Waals surface area contributed by atoms with Crippen molar-refractivity contribution in [2.75, 3.05) is 21.3 Å². The molecule has 0 saturated heterocycles. The number of aryl methyl sites for hydroxylation is 1. The van der Waals surface area contributed by atoms with Crippen LogP contribution in [-0.4, -0.2) is 43.6 Å². The van der Waals surface area contributed by atoms with Gasteiger partial charge in [-0.05, 0) is 85.3 Å². The van der Waals surface area contributed by atoms with Gasteiger partial charge >= 0.3 is 0 Å². The molecule has 7 N–H and O–H groups in total. The van der Waals surface area contributed by atoms with E-state index in [9.17, 15) is 19.2 Å². The van der Waals surface area contributed by atoms with Crippen molar-refractivity contribution in [1.82, 2.24) is 19.9 Å². The van der Waals surface area contributed by atoms with Gasteiger partial charge in [-0.15, -0.1) is 0 Å². The Kier molecular flexibility index (Phi) is 12.5. The standard InChI is InChI=1S/C58H64N8O4/c1-32-20-22-33(23-21-32)46-40-28-30-44(61-40)49(47-36(63-51(67)55(2,3)4)16-14-17-37(47)64-52(68)56(5,6)7)42-26-24-34(59-42)35-25-27-43(60-35)50(45-31-29-41(46)62-45)48-38(65-53(69)57(8,9)10)18-15-19-39(48)66-54(70)58(11,12)13/h14-31,59,61-62H,1-13H3,(H,63,67)(H,64,68)(H,65,69)(H,66,70). The van der Waals surface area contributed by atoms with E-state index in [1.165, 1.54) is 0 Å². The molecule has 70 heavy (non-hydrogen) atoms. The zero-order chi connectivity index (χ0) is 50.7. The van der Waals surface area contributed by atoms with Gasteiger partial charge in [-0.1, -0.05) is 125 Å². The van der Waals surface area contributed by atoms with E-state index in [1.807, 2.05) is 168 Å². The van der Waals surface area contributed by atoms with Crippen LogP contribution in [0.25, 0.3) is 78.6 Å². The molecule has 0 saturated carbocycles. The van der Waals surface area contributed by atoms with E-state index in [0.717, 1.165) is 27.7 Å². The molecule has 8 bridgehead atoms. The summed E-state index contributed by atoms with van der Waals surface area (Å²) in [6, 6.07) is 31.4. The molecule has 5 heterocycles. The molecule has 0 unspecified atom stereocenters. The second-order valence-electron chi connectivity index (χ2n) is 22.3. The lowest BCUT2D eigenvalue weighted by Crippen LogP contribution is -2.29. The number of nitrogens with zero attached hydrogens (tertiary/aromatic N) is 1. The number of hydrogen-bond acceptors (Lipinski definition) is 5. The molecule has 1 aliphatic rings. The second-order valence-corrected chi connectivity index (χ2v) is 22.3. The highest BCUT2D eigenvalue weighted by Crippen LogP contribution is 2.44. The lowest BCUT2D eigenvalue weighted by molar-refractivity contribution is -0.123. The first-order valence-electron chi connectivity index (χ1n) is 23.7. The minimum Gasteiger partial charge on any atom is -0.354 e. The van der Waals surface area contributed by atoms with Crippen LogP contribution >= 0.6 is 0 Å². The van der Waals surface area contributed by atoms with Gasteiger partial charge in [0, 0.05) is 77.1 Å². The van der Waals surface area contributed by atoms with Crippen LogP contribution in [0.4, 0.5) is 22.7 Å². The van der Waals surface area contributed by atoms with Gasteiger partial charge in [0.15, 0.2) is 0 Å². The molecule has 12 nitrogen and oxygen atoms in total. The highest BCUT2D eigenvalue weighted by molar-refractivity contribution is 6.12. The summed E-state index contributed by atoms with van der Waals surface area (Å²) in [7, 11) is 0. The predicted molar refractivity (Wildman–Crippen MR) is 289 cm³/mol. The van der Waals surface area contributed by atoms with E-state index in [4.69, 9.17) is 4.98 Å². The highest BCUT2D eigenvalue weighted by atomic mass is 16.2. The molecule has 0 radical (unpaired) electrons. The Balaban J connectivity index is 1.54. The number of fused-ring (bicyclic) bond motifs is 9. The normalized spacial score (nSPS) is 12.5. The Morgan fingerprint density at radius 3 is 1.07 bits per heavy atom. The quantitative estimate of drug-likeness (QED) is 0.0840. The molecular weight excluding hydrogens is 873 g/mol. The van der Waals surface area contributed by atoms with Crippen LogP contribution in [0.2, 0.25) is 0 Å². The molecule has 4 amide bonds. The van der Waals surface area contributed by atoms with Crippen molar-refractivity contribution in [3.63, 3.8) is 0 Å². The van der Waals surface area contributed by atoms with Crippen LogP contribution in [0.3, 0.4) is 0 Å². The predicted octanol–water partition coefficient (Wildman–Crippen LogP) is 13.9. The summed E-state index contributed by atoms with van der Waals surface area (Å²) >= 11 is 0. The Labute approximate surface area is 409 Å². The van der Waals surface area contributed by atoms with Gasteiger partial charge in [-0.25, -0.2) is 4.98 Å². The van der Waals surface area contributed by atoms with Crippen LogP contribution < -0.4 is 21.3 Å². The highest BCUT2D eigenvalue weighted by Gasteiger charge is 2.30. The molecule has 8 rings (SSSR count). The molecule has 12 heteroatoms. The average Bonchev–Trinajstić information content (AvgIpc) is 4.11. The van der Waals surface area contributed by atoms with Crippen molar-refractivity contribution in [3.05, 3.63) is 114 Å². The zero-order valence-electron chi connectivity index (χ0n) is 42.5. The minimum absolute atomic E-state index is 0.191. The van der Waals surface area contributed by atoms with Gasteiger partial charge < -0.3 is 36.2 Å². The fourth-order valence-corrected chi connectivity index (χ4v) is 8.01. The van der Waals surface area contributed by atoms with E-state index < -0.39 is 21.7 Å². The smallest absolute Gasteiger partial charge is 0.229 e. The number of H-pyrrole nitrogens is 3. The van der Waals surface area contributed by atoms with Crippen molar-refractivity contribution in [2.45, 2.75) is 90.0 Å². The third kappa shape index (κ3) is 9.90. The molecular formula is C58H64N8O4. The average molecular weight is 937 g/mol. The fraction of sp³-hybridized carbons (Fsp3) is 0.293. The lowest BCUT2D eigenvalue weighted by Gasteiger charge is -2.23. The Morgan fingerprint density at radius 2 is 0.686 bits per heavy atom. The van der Waals surface area contributed by atoms with Gasteiger partial charge in [0.05, 0.1) is 39.7 Å². The molecule has 0 atom stereocenters. The van der Waals surface area contributed by atoms with Gasteiger partial charge in [-0.3, -0.25) is 19.2 Å². The fourth-order valence-electron chi connectivity index (χ4n) is 8.01. The largest absolute Gasteiger partial charge is 0.354 e. The topological polar surface area (TPSA) is 177 Å². The van der Waals surface area contributed by atoms with Crippen molar-refractivity contribution >= 4 is 91.6 Å². The molecule has 1 aliphatic heterocycles. The van der Waals surface area contributed by atoms with Gasteiger partial charge in [0.2, 0.25) is 23.6 Å². The number of anilines is 4. The molecule has 360 valence electrons. The van der Waals surface area contributed by atoms with E-state index in [-0.39, 0.29) is 23.6 Å². The summed E-state index contributed by atoms with van der Waals surface area (Å²) in [4.78, 5) is 72.0. The summed E-state index contributed by atoms with van der Waals surface area (Å²) in [5.74, 6) is -0.774. The number of rotatable bonds is 7. The first-order valence-corrected chi connectivity index (χ1v) is 23.7. The SMILES string of the molecule is Cc1ccc(-c2c3ccc([nH]3)c(-c3c(NC(=O)C(C)(C)C)cccc3NC(=O)C(C)(C)C)c3nc(c4ccc([nH]4)c(-c4c(NC(=O)C(C)(C)C)cccc4NC(=O)C(C)(C)C)c4ccc2[nH]4)C=C3)cc1. The van der Waals surface area contributed by atoms with E-state index in [0.29, 0.717) is 78.5 Å². The van der Waals surface area contributed by atoms with Crippen LogP contribution in [0.15, 0.2) is 97.1 Å². The number of nitrogens with one attached hydrogen (secondary N) is 7. The summed E-state index contributed by atoms with van der Waals surface area (Å²) in [6.07, 6.45) is 3.88. The minimum atomic E-state index is -0.731. The molecule has 0 aliphatic carbocycles. The number of amides is 4. The van der Waals surface area contributed by atoms with Crippen molar-refractivity contribution in [1.29, 1.82) is 0 Å². The van der Waals surface area contributed by atoms with E-state index in [2.05, 4.69) is 67.4 Å². The van der Waals surface area contributed by atoms with Gasteiger partial charge in [-0.2, -0.15) is 0 Å². The third-order valence-corrected chi connectivity index (χ3v) is 12.3. The Hall–Kier alpha value is -7.73. The number of carbonyl (C=O) groups excluding carboxylic acids is 4. The van der Waals surface area contributed by atoms with Gasteiger partial charge in [0.1, 0.15) is 0 Å². The summed E-state index contributed by atoms with van der Waals surface area (Å²) in [6.45, 7) is 24.4. The first kappa shape index (κ1) is 48.7. The maximum Gasteiger partial charge on any atom is 0.229 e. The van der Waals surface area contributed by atoms with Crippen LogP contribution in [0, 0.1) is 28.6 Å². The molecule has 3 aromatic carbocycles. The molecule has 4 aromatic heterocycles. The van der Waals surface area contributed by atoms with Gasteiger partial charge in [0.25, 0.3) is 0 Å². The maximum absolute atomic E-state index is 13.9. The van der Waals surface area contributed by atoms with Crippen LogP contribution in [-0.2, 0) is 19.2 Å². The third-order valence-electron chi connectivity index (χ3n) is 12.3. The van der Waals surface area contributed by atoms with Crippen molar-refractivity contribution in [3.8, 4) is 33.4 Å². The summed E-state index contributed by atoms with van der Waals surface area (Å²) in [5, 5.41) is 12.8. The van der Waals surface area contributed by atoms with Crippen LogP contribution in [0.5, 0.6) is 0 Å². The monoisotopic (exact) mass is 937 g/mol. The summed E-state index contributed by atoms with van der Waals surface area (Å²) < 4.78 is 0. The van der Waals surface area contributed by atoms with Crippen molar-refractivity contribution in [2.24, 2.45) is 21.7 Å².